The minimum absolute atomic E-state index is 0.0421. The second-order valence-corrected chi connectivity index (χ2v) is 9.60. The van der Waals surface area contributed by atoms with Crippen molar-refractivity contribution in [1.29, 1.82) is 0 Å². The van der Waals surface area contributed by atoms with Gasteiger partial charge in [-0.05, 0) is 63.8 Å². The van der Waals surface area contributed by atoms with E-state index in [1.165, 1.54) is 23.2 Å². The van der Waals surface area contributed by atoms with Crippen molar-refractivity contribution in [3.8, 4) is 0 Å². The number of piperidine rings is 1. The number of pyridine rings is 1. The van der Waals surface area contributed by atoms with Gasteiger partial charge in [-0.2, -0.15) is 0 Å². The number of likely N-dealkylation sites (N-methyl/N-ethyl adjacent to an activating group) is 1. The van der Waals surface area contributed by atoms with E-state index in [9.17, 15) is 19.1 Å². The molecular weight excluding hydrogens is 507 g/mol. The molecule has 9 heteroatoms. The Balaban J connectivity index is 0.000000367. The van der Waals surface area contributed by atoms with Crippen LogP contribution in [0.3, 0.4) is 0 Å². The van der Waals surface area contributed by atoms with Gasteiger partial charge in [0.2, 0.25) is 5.91 Å². The van der Waals surface area contributed by atoms with Crippen molar-refractivity contribution in [3.63, 3.8) is 0 Å². The van der Waals surface area contributed by atoms with Crippen LogP contribution in [0.1, 0.15) is 66.7 Å². The van der Waals surface area contributed by atoms with Crippen molar-refractivity contribution < 1.29 is 19.1 Å². The molecule has 2 aliphatic rings. The van der Waals surface area contributed by atoms with Crippen LogP contribution in [-0.2, 0) is 9.59 Å². The van der Waals surface area contributed by atoms with Gasteiger partial charge in [0.15, 0.2) is 11.6 Å². The first-order chi connectivity index (χ1) is 18.1. The maximum absolute atomic E-state index is 13.8. The number of likely N-dealkylation sites (tertiary alicyclic amines) is 1. The Morgan fingerprint density at radius 3 is 2.34 bits per heavy atom. The molecule has 1 N–H and O–H groups in total. The summed E-state index contributed by atoms with van der Waals surface area (Å²) in [7, 11) is 3.43. The predicted molar refractivity (Wildman–Crippen MR) is 154 cm³/mol. The molecule has 0 aromatic carbocycles. The topological polar surface area (TPSA) is 77.0 Å². The van der Waals surface area contributed by atoms with Crippen LogP contribution in [-0.4, -0.2) is 71.5 Å². The zero-order valence-electron chi connectivity index (χ0n) is 23.9. The molecule has 2 fully saturated rings. The fraction of sp³-hybridized carbons (Fsp3) is 0.552. The number of anilines is 1. The molecule has 0 atom stereocenters. The number of halogens is 2. The van der Waals surface area contributed by atoms with E-state index >= 15 is 0 Å². The maximum atomic E-state index is 13.8. The number of allylic oxidation sites excluding steroid dienone is 3. The number of carbonyl (C=O) groups excluding carboxylic acids is 2. The molecular formula is C29H44ClFN4O3. The lowest BCUT2D eigenvalue weighted by atomic mass is 10.0. The van der Waals surface area contributed by atoms with Crippen LogP contribution in [0.4, 0.5) is 10.2 Å². The number of hydrogen-bond donors (Lipinski definition) is 1. The van der Waals surface area contributed by atoms with E-state index in [0.29, 0.717) is 28.9 Å². The first kappa shape index (κ1) is 33.2. The third-order valence-corrected chi connectivity index (χ3v) is 6.65. The van der Waals surface area contributed by atoms with Crippen LogP contribution in [0.2, 0.25) is 5.02 Å². The summed E-state index contributed by atoms with van der Waals surface area (Å²) in [5, 5.41) is 9.62. The molecule has 0 aliphatic carbocycles. The normalized spacial score (nSPS) is 17.0. The fourth-order valence-electron chi connectivity index (χ4n) is 4.18. The molecule has 2 amide bonds. The third-order valence-electron chi connectivity index (χ3n) is 6.45. The van der Waals surface area contributed by atoms with Gasteiger partial charge in [0.05, 0.1) is 5.02 Å². The smallest absolute Gasteiger partial charge is 0.253 e. The monoisotopic (exact) mass is 550 g/mol. The summed E-state index contributed by atoms with van der Waals surface area (Å²) in [5.41, 5.74) is 1.65. The molecule has 38 heavy (non-hydrogen) atoms. The molecule has 2 saturated heterocycles. The Bertz CT molecular complexity index is 1020. The second-order valence-electron chi connectivity index (χ2n) is 9.16. The lowest BCUT2D eigenvalue weighted by Gasteiger charge is -2.37. The molecule has 0 saturated carbocycles. The van der Waals surface area contributed by atoms with Crippen LogP contribution in [0, 0.1) is 5.82 Å². The number of hydrogen-bond acceptors (Lipinski definition) is 5. The molecule has 7 nitrogen and oxygen atoms in total. The Morgan fingerprint density at radius 2 is 1.87 bits per heavy atom. The molecule has 0 radical (unpaired) electrons. The molecule has 1 aromatic rings. The highest BCUT2D eigenvalue weighted by molar-refractivity contribution is 6.30. The van der Waals surface area contributed by atoms with E-state index < -0.39 is 0 Å². The maximum Gasteiger partial charge on any atom is 0.253 e. The van der Waals surface area contributed by atoms with Crippen LogP contribution in [0.5, 0.6) is 0 Å². The van der Waals surface area contributed by atoms with E-state index in [4.69, 9.17) is 11.6 Å². The van der Waals surface area contributed by atoms with E-state index in [1.54, 1.807) is 33.2 Å². The Labute approximate surface area is 232 Å². The molecule has 3 heterocycles. The van der Waals surface area contributed by atoms with Crippen molar-refractivity contribution in [2.45, 2.75) is 72.8 Å². The highest BCUT2D eigenvalue weighted by atomic mass is 35.5. The largest absolute Gasteiger partial charge is 0.508 e. The number of amides is 2. The molecule has 212 valence electrons. The Hall–Kier alpha value is -2.87. The van der Waals surface area contributed by atoms with E-state index in [-0.39, 0.29) is 23.4 Å². The highest BCUT2D eigenvalue weighted by Gasteiger charge is 2.31. The Kier molecular flexibility index (Phi) is 14.7. The summed E-state index contributed by atoms with van der Waals surface area (Å²) in [6.07, 6.45) is 10.4. The van der Waals surface area contributed by atoms with Gasteiger partial charge in [0.1, 0.15) is 5.76 Å². The second kappa shape index (κ2) is 16.9. The summed E-state index contributed by atoms with van der Waals surface area (Å²) in [4.78, 5) is 33.1. The molecule has 2 aliphatic heterocycles. The van der Waals surface area contributed by atoms with Gasteiger partial charge < -0.3 is 19.8 Å². The van der Waals surface area contributed by atoms with E-state index in [1.807, 2.05) is 37.5 Å². The summed E-state index contributed by atoms with van der Waals surface area (Å²) in [6, 6.07) is 1.59. The third kappa shape index (κ3) is 9.78. The minimum Gasteiger partial charge on any atom is -0.508 e. The quantitative estimate of drug-likeness (QED) is 0.255. The van der Waals surface area contributed by atoms with Crippen molar-refractivity contribution in [2.24, 2.45) is 0 Å². The van der Waals surface area contributed by atoms with E-state index in [2.05, 4.69) is 4.98 Å². The Morgan fingerprint density at radius 1 is 1.24 bits per heavy atom. The average molecular weight is 551 g/mol. The molecule has 3 rings (SSSR count). The zero-order valence-corrected chi connectivity index (χ0v) is 24.7. The fourth-order valence-corrected chi connectivity index (χ4v) is 4.32. The van der Waals surface area contributed by atoms with Crippen LogP contribution in [0.15, 0.2) is 47.4 Å². The summed E-state index contributed by atoms with van der Waals surface area (Å²) >= 11 is 5.72. The van der Waals surface area contributed by atoms with Gasteiger partial charge in [-0.3, -0.25) is 9.59 Å². The van der Waals surface area contributed by atoms with Crippen molar-refractivity contribution in [1.82, 2.24) is 14.8 Å². The molecule has 0 spiro atoms. The number of aliphatic hydroxyl groups excluding tert-OH is 1. The molecule has 0 unspecified atom stereocenters. The van der Waals surface area contributed by atoms with Crippen molar-refractivity contribution in [3.05, 3.63) is 58.2 Å². The number of rotatable bonds is 6. The highest BCUT2D eigenvalue weighted by Crippen LogP contribution is 2.26. The van der Waals surface area contributed by atoms with Crippen LogP contribution in [0.25, 0.3) is 0 Å². The number of nitrogens with zero attached hydrogens (tertiary/aromatic N) is 4. The first-order valence-electron chi connectivity index (χ1n) is 13.4. The van der Waals surface area contributed by atoms with Gasteiger partial charge in [-0.15, -0.1) is 0 Å². The van der Waals surface area contributed by atoms with Crippen LogP contribution < -0.4 is 4.90 Å². The van der Waals surface area contributed by atoms with Crippen molar-refractivity contribution >= 4 is 29.2 Å². The van der Waals surface area contributed by atoms with Gasteiger partial charge in [-0.25, -0.2) is 9.37 Å². The lowest BCUT2D eigenvalue weighted by Crippen LogP contribution is -2.45. The first-order valence-corrected chi connectivity index (χ1v) is 13.8. The average Bonchev–Trinajstić information content (AvgIpc) is 3.35. The SMILES string of the molecule is C/C=C(O)\C=C/C(C(=O)N(C)C)=C(C)CC.CC.O=C1CCCN1C1CCN(c2ncc(Cl)cc2F)CC1. The molecule has 1 aromatic heterocycles. The van der Waals surface area contributed by atoms with Gasteiger partial charge in [-0.1, -0.05) is 37.9 Å². The summed E-state index contributed by atoms with van der Waals surface area (Å²) < 4.78 is 13.8. The molecule has 0 bridgehead atoms. The minimum atomic E-state index is -0.381. The number of aliphatic hydroxyl groups is 1. The van der Waals surface area contributed by atoms with Gasteiger partial charge in [0, 0.05) is 58.0 Å². The van der Waals surface area contributed by atoms with Crippen LogP contribution >= 0.6 is 11.6 Å². The summed E-state index contributed by atoms with van der Waals surface area (Å²) in [5.74, 6) is 0.362. The number of carbonyl (C=O) groups is 2. The number of aromatic nitrogens is 1. The lowest BCUT2D eigenvalue weighted by molar-refractivity contribution is -0.130. The van der Waals surface area contributed by atoms with Crippen molar-refractivity contribution in [2.75, 3.05) is 38.6 Å². The summed E-state index contributed by atoms with van der Waals surface area (Å²) in [6.45, 7) is 12.0. The van der Waals surface area contributed by atoms with Gasteiger partial charge >= 0.3 is 0 Å². The van der Waals surface area contributed by atoms with Gasteiger partial charge in [0.25, 0.3) is 5.91 Å². The zero-order chi connectivity index (χ0) is 28.8. The van der Waals surface area contributed by atoms with E-state index in [0.717, 1.165) is 50.9 Å². The standard InChI is InChI=1S/C14H17ClFN3O.C13H21NO2.C2H6/c15-10-8-12(16)14(17-9-10)18-6-3-11(4-7-18)19-5-1-2-13(19)20;1-6-10(3)12(13(16)14(4)5)9-8-11(15)7-2;1-2/h8-9,11H,1-7H2;7-9,15H,6H2,1-5H3;1-2H3/b;9-8-,11-7+,12-10?;. The predicted octanol–water partition coefficient (Wildman–Crippen LogP) is 6.31.